The highest BCUT2D eigenvalue weighted by molar-refractivity contribution is 5.38. The molecule has 2 saturated heterocycles. The predicted octanol–water partition coefficient (Wildman–Crippen LogP) is 2.69. The van der Waals surface area contributed by atoms with Gasteiger partial charge in [0.05, 0.1) is 12.0 Å². The summed E-state index contributed by atoms with van der Waals surface area (Å²) in [4.78, 5) is 7.24. The number of aromatic nitrogens is 2. The molecule has 0 unspecified atom stereocenters. The zero-order valence-corrected chi connectivity index (χ0v) is 13.1. The van der Waals surface area contributed by atoms with Crippen LogP contribution in [0.2, 0.25) is 0 Å². The Morgan fingerprint density at radius 1 is 1.17 bits per heavy atom. The number of rotatable bonds is 3. The zero-order valence-electron chi connectivity index (χ0n) is 13.1. The standard InChI is InChI=1S/C18H21N3O2/c1-2-5-13(6-3-1)18(8-9-18)17-19-16(20-23-17)15-11-21-10-4-7-14(21)12-22-15/h1-3,5-6,14-15H,4,7-12H2/t14-,15-/m1/s1. The Bertz CT molecular complexity index is 695. The minimum atomic E-state index is -0.0582. The Labute approximate surface area is 135 Å². The molecule has 2 atom stereocenters. The first-order chi connectivity index (χ1) is 11.4. The molecular formula is C18H21N3O2. The first-order valence-corrected chi connectivity index (χ1v) is 8.60. The summed E-state index contributed by atoms with van der Waals surface area (Å²) in [5.41, 5.74) is 1.22. The molecule has 1 saturated carbocycles. The minimum absolute atomic E-state index is 0.0478. The summed E-state index contributed by atoms with van der Waals surface area (Å²) in [5.74, 6) is 1.47. The Hall–Kier alpha value is -1.72. The molecule has 5 rings (SSSR count). The molecule has 0 radical (unpaired) electrons. The lowest BCUT2D eigenvalue weighted by molar-refractivity contribution is -0.0548. The van der Waals surface area contributed by atoms with Gasteiger partial charge in [-0.15, -0.1) is 0 Å². The molecule has 5 heteroatoms. The normalized spacial score (nSPS) is 29.4. The van der Waals surface area contributed by atoms with Crippen LogP contribution in [0.4, 0.5) is 0 Å². The van der Waals surface area contributed by atoms with E-state index in [9.17, 15) is 0 Å². The fourth-order valence-corrected chi connectivity index (χ4v) is 4.04. The molecule has 3 fully saturated rings. The number of fused-ring (bicyclic) bond motifs is 1. The second kappa shape index (κ2) is 5.14. The second-order valence-corrected chi connectivity index (χ2v) is 7.02. The summed E-state index contributed by atoms with van der Waals surface area (Å²) in [6, 6.07) is 11.1. The van der Waals surface area contributed by atoms with Crippen molar-refractivity contribution in [3.63, 3.8) is 0 Å². The largest absolute Gasteiger partial charge is 0.367 e. The molecule has 1 aromatic carbocycles. The lowest BCUT2D eigenvalue weighted by Gasteiger charge is -2.33. The van der Waals surface area contributed by atoms with Gasteiger partial charge in [-0.2, -0.15) is 4.98 Å². The summed E-state index contributed by atoms with van der Waals surface area (Å²) in [7, 11) is 0. The summed E-state index contributed by atoms with van der Waals surface area (Å²) >= 11 is 0. The van der Waals surface area contributed by atoms with Crippen molar-refractivity contribution in [1.82, 2.24) is 15.0 Å². The average molecular weight is 311 g/mol. The van der Waals surface area contributed by atoms with E-state index in [1.807, 2.05) is 6.07 Å². The second-order valence-electron chi connectivity index (χ2n) is 7.02. The van der Waals surface area contributed by atoms with Crippen molar-refractivity contribution in [3.05, 3.63) is 47.6 Å². The predicted molar refractivity (Wildman–Crippen MR) is 84.0 cm³/mol. The van der Waals surface area contributed by atoms with Crippen molar-refractivity contribution in [1.29, 1.82) is 0 Å². The summed E-state index contributed by atoms with van der Waals surface area (Å²) in [6.07, 6.45) is 4.64. The van der Waals surface area contributed by atoms with Gasteiger partial charge < -0.3 is 9.26 Å². The van der Waals surface area contributed by atoms with E-state index >= 15 is 0 Å². The summed E-state index contributed by atoms with van der Waals surface area (Å²) in [5, 5.41) is 4.25. The van der Waals surface area contributed by atoms with Gasteiger partial charge in [0.25, 0.3) is 0 Å². The monoisotopic (exact) mass is 311 g/mol. The van der Waals surface area contributed by atoms with Gasteiger partial charge in [0, 0.05) is 12.6 Å². The van der Waals surface area contributed by atoms with Crippen LogP contribution < -0.4 is 0 Å². The third-order valence-electron chi connectivity index (χ3n) is 5.60. The van der Waals surface area contributed by atoms with Crippen LogP contribution in [0.3, 0.4) is 0 Å². The third kappa shape index (κ3) is 2.22. The minimum Gasteiger partial charge on any atom is -0.367 e. The first kappa shape index (κ1) is 13.7. The van der Waals surface area contributed by atoms with Crippen LogP contribution >= 0.6 is 0 Å². The molecule has 0 N–H and O–H groups in total. The Kier molecular flexibility index (Phi) is 3.06. The van der Waals surface area contributed by atoms with Crippen molar-refractivity contribution in [2.24, 2.45) is 0 Å². The topological polar surface area (TPSA) is 51.4 Å². The smallest absolute Gasteiger partial charge is 0.237 e. The van der Waals surface area contributed by atoms with Crippen LogP contribution in [0.1, 0.15) is 49.1 Å². The Balaban J connectivity index is 1.39. The summed E-state index contributed by atoms with van der Waals surface area (Å²) < 4.78 is 11.7. The highest BCUT2D eigenvalue weighted by atomic mass is 16.5. The van der Waals surface area contributed by atoms with E-state index in [0.717, 1.165) is 31.9 Å². The number of morpholine rings is 1. The summed E-state index contributed by atoms with van der Waals surface area (Å²) in [6.45, 7) is 2.85. The van der Waals surface area contributed by atoms with E-state index in [1.165, 1.54) is 24.9 Å². The molecule has 0 amide bonds. The van der Waals surface area contributed by atoms with Gasteiger partial charge >= 0.3 is 0 Å². The number of nitrogens with zero attached hydrogens (tertiary/aromatic N) is 3. The van der Waals surface area contributed by atoms with Crippen molar-refractivity contribution < 1.29 is 9.26 Å². The van der Waals surface area contributed by atoms with Gasteiger partial charge in [-0.25, -0.2) is 0 Å². The number of hydrogen-bond donors (Lipinski definition) is 0. The fourth-order valence-electron chi connectivity index (χ4n) is 4.04. The molecule has 23 heavy (non-hydrogen) atoms. The molecule has 2 aliphatic heterocycles. The van der Waals surface area contributed by atoms with Crippen molar-refractivity contribution in [3.8, 4) is 0 Å². The molecule has 3 heterocycles. The molecule has 2 aromatic rings. The quantitative estimate of drug-likeness (QED) is 0.872. The molecule has 5 nitrogen and oxygen atoms in total. The van der Waals surface area contributed by atoms with Gasteiger partial charge in [-0.3, -0.25) is 4.90 Å². The van der Waals surface area contributed by atoms with Gasteiger partial charge in [-0.1, -0.05) is 35.5 Å². The van der Waals surface area contributed by atoms with Crippen LogP contribution in [0.15, 0.2) is 34.9 Å². The third-order valence-corrected chi connectivity index (χ3v) is 5.60. The molecule has 1 aromatic heterocycles. The first-order valence-electron chi connectivity index (χ1n) is 8.60. The molecule has 3 aliphatic rings. The highest BCUT2D eigenvalue weighted by Crippen LogP contribution is 2.52. The lowest BCUT2D eigenvalue weighted by Crippen LogP contribution is -2.42. The van der Waals surface area contributed by atoms with Gasteiger partial charge in [0.15, 0.2) is 0 Å². The van der Waals surface area contributed by atoms with Crippen molar-refractivity contribution >= 4 is 0 Å². The van der Waals surface area contributed by atoms with Gasteiger partial charge in [-0.05, 0) is 37.8 Å². The van der Waals surface area contributed by atoms with E-state index in [1.54, 1.807) is 0 Å². The number of ether oxygens (including phenoxy) is 1. The van der Waals surface area contributed by atoms with E-state index in [4.69, 9.17) is 14.2 Å². The molecule has 0 bridgehead atoms. The van der Waals surface area contributed by atoms with Gasteiger partial charge in [0.2, 0.25) is 11.7 Å². The van der Waals surface area contributed by atoms with E-state index in [2.05, 4.69) is 34.3 Å². The van der Waals surface area contributed by atoms with Crippen LogP contribution in [0.25, 0.3) is 0 Å². The van der Waals surface area contributed by atoms with Crippen molar-refractivity contribution in [2.75, 3.05) is 19.7 Å². The fraction of sp³-hybridized carbons (Fsp3) is 0.556. The maximum Gasteiger partial charge on any atom is 0.237 e. The zero-order chi connectivity index (χ0) is 15.3. The maximum atomic E-state index is 6.00. The molecule has 120 valence electrons. The average Bonchev–Trinajstić information content (AvgIpc) is 3.05. The molecular weight excluding hydrogens is 290 g/mol. The Morgan fingerprint density at radius 3 is 2.87 bits per heavy atom. The van der Waals surface area contributed by atoms with Crippen molar-refractivity contribution in [2.45, 2.75) is 43.2 Å². The Morgan fingerprint density at radius 2 is 2.04 bits per heavy atom. The molecule has 0 spiro atoms. The number of benzene rings is 1. The van der Waals surface area contributed by atoms with Crippen LogP contribution in [0.5, 0.6) is 0 Å². The SMILES string of the molecule is c1ccc(C2(c3nc([C@H]4CN5CCC[C@@H]5CO4)no3)CC2)cc1. The highest BCUT2D eigenvalue weighted by Gasteiger charge is 2.51. The van der Waals surface area contributed by atoms with E-state index in [-0.39, 0.29) is 11.5 Å². The van der Waals surface area contributed by atoms with Crippen LogP contribution in [0, 0.1) is 0 Å². The maximum absolute atomic E-state index is 6.00. The lowest BCUT2D eigenvalue weighted by atomic mass is 9.96. The van der Waals surface area contributed by atoms with Crippen LogP contribution in [-0.2, 0) is 10.2 Å². The van der Waals surface area contributed by atoms with E-state index in [0.29, 0.717) is 11.9 Å². The molecule has 1 aliphatic carbocycles. The number of hydrogen-bond acceptors (Lipinski definition) is 5. The van der Waals surface area contributed by atoms with E-state index < -0.39 is 0 Å². The van der Waals surface area contributed by atoms with Crippen LogP contribution in [-0.4, -0.2) is 40.8 Å². The van der Waals surface area contributed by atoms with Gasteiger partial charge in [0.1, 0.15) is 6.10 Å².